The lowest BCUT2D eigenvalue weighted by Crippen LogP contribution is -2.41. The summed E-state index contributed by atoms with van der Waals surface area (Å²) in [5.41, 5.74) is 2.50. The summed E-state index contributed by atoms with van der Waals surface area (Å²) >= 11 is 0. The van der Waals surface area contributed by atoms with E-state index in [1.165, 1.54) is 30.5 Å². The Bertz CT molecular complexity index is 603. The van der Waals surface area contributed by atoms with Crippen molar-refractivity contribution >= 4 is 7.62 Å². The molecule has 0 bridgehead atoms. The first-order valence-electron chi connectivity index (χ1n) is 7.86. The SMILES string of the molecule is B1OC(Cc2ccccc2)(c2ccccc2)C2CCCN12. The number of hydrogen-bond acceptors (Lipinski definition) is 2. The van der Waals surface area contributed by atoms with Crippen LogP contribution in [0, 0.1) is 0 Å². The van der Waals surface area contributed by atoms with Crippen LogP contribution in [0.1, 0.15) is 24.0 Å². The van der Waals surface area contributed by atoms with Crippen molar-refractivity contribution in [2.75, 3.05) is 6.54 Å². The van der Waals surface area contributed by atoms with Gasteiger partial charge < -0.3 is 9.47 Å². The van der Waals surface area contributed by atoms with Gasteiger partial charge >= 0.3 is 7.62 Å². The number of nitrogens with zero attached hydrogens (tertiary/aromatic N) is 1. The molecule has 2 heterocycles. The molecule has 0 amide bonds. The van der Waals surface area contributed by atoms with E-state index in [0.717, 1.165) is 14.0 Å². The molecule has 21 heavy (non-hydrogen) atoms. The lowest BCUT2D eigenvalue weighted by atomic mass is 9.80. The predicted molar refractivity (Wildman–Crippen MR) is 86.2 cm³/mol. The van der Waals surface area contributed by atoms with E-state index >= 15 is 0 Å². The molecule has 0 aromatic heterocycles. The maximum atomic E-state index is 6.42. The molecule has 0 aliphatic carbocycles. The second-order valence-electron chi connectivity index (χ2n) is 6.16. The molecule has 2 nitrogen and oxygen atoms in total. The van der Waals surface area contributed by atoms with Gasteiger partial charge in [0.15, 0.2) is 0 Å². The van der Waals surface area contributed by atoms with Gasteiger partial charge in [-0.25, -0.2) is 0 Å². The molecule has 3 heteroatoms. The summed E-state index contributed by atoms with van der Waals surface area (Å²) in [5.74, 6) is 0. The number of benzene rings is 2. The summed E-state index contributed by atoms with van der Waals surface area (Å²) in [6, 6.07) is 22.1. The molecule has 106 valence electrons. The standard InChI is InChI=1S/C18H20BNO/c1-3-8-15(9-4-1)14-18(16-10-5-2-6-11-16)17-12-7-13-20(17)19-21-18/h1-6,8-11,17,19H,7,12-14H2. The Hall–Kier alpha value is -1.58. The molecule has 2 fully saturated rings. The van der Waals surface area contributed by atoms with E-state index < -0.39 is 0 Å². The molecule has 2 unspecified atom stereocenters. The molecule has 0 radical (unpaired) electrons. The van der Waals surface area contributed by atoms with Gasteiger partial charge in [0.2, 0.25) is 0 Å². The fourth-order valence-corrected chi connectivity index (χ4v) is 3.97. The Morgan fingerprint density at radius 2 is 1.76 bits per heavy atom. The highest BCUT2D eigenvalue weighted by Gasteiger charge is 2.51. The third-order valence-electron chi connectivity index (χ3n) is 4.96. The van der Waals surface area contributed by atoms with Gasteiger partial charge in [-0.3, -0.25) is 0 Å². The molecule has 0 N–H and O–H groups in total. The fraction of sp³-hybridized carbons (Fsp3) is 0.333. The molecule has 2 atom stereocenters. The maximum Gasteiger partial charge on any atom is 0.364 e. The minimum absolute atomic E-state index is 0.181. The molecule has 4 rings (SSSR count). The first kappa shape index (κ1) is 13.1. The van der Waals surface area contributed by atoms with Crippen molar-refractivity contribution in [1.29, 1.82) is 0 Å². The van der Waals surface area contributed by atoms with E-state index in [9.17, 15) is 0 Å². The Labute approximate surface area is 127 Å². The van der Waals surface area contributed by atoms with Crippen molar-refractivity contribution in [3.8, 4) is 0 Å². The van der Waals surface area contributed by atoms with Gasteiger partial charge in [-0.05, 0) is 30.5 Å². The van der Waals surface area contributed by atoms with Crippen LogP contribution in [0.4, 0.5) is 0 Å². The van der Waals surface area contributed by atoms with Gasteiger partial charge in [-0.2, -0.15) is 0 Å². The van der Waals surface area contributed by atoms with Gasteiger partial charge in [0.1, 0.15) is 0 Å². The smallest absolute Gasteiger partial charge is 0.364 e. The van der Waals surface area contributed by atoms with Gasteiger partial charge in [0.25, 0.3) is 0 Å². The molecule has 2 aromatic carbocycles. The number of rotatable bonds is 3. The molecule has 2 aromatic rings. The Morgan fingerprint density at radius 3 is 2.52 bits per heavy atom. The van der Waals surface area contributed by atoms with E-state index in [4.69, 9.17) is 4.65 Å². The summed E-state index contributed by atoms with van der Waals surface area (Å²) < 4.78 is 6.42. The normalized spacial score (nSPS) is 28.3. The average molecular weight is 277 g/mol. The molecular weight excluding hydrogens is 257 g/mol. The van der Waals surface area contributed by atoms with Gasteiger partial charge in [0.05, 0.1) is 5.60 Å². The first-order chi connectivity index (χ1) is 10.4. The minimum Gasteiger partial charge on any atom is -0.412 e. The highest BCUT2D eigenvalue weighted by atomic mass is 16.5. The van der Waals surface area contributed by atoms with Crippen LogP contribution in [-0.2, 0) is 16.7 Å². The second kappa shape index (κ2) is 5.32. The van der Waals surface area contributed by atoms with E-state index in [0.29, 0.717) is 6.04 Å². The zero-order valence-corrected chi connectivity index (χ0v) is 12.2. The quantitative estimate of drug-likeness (QED) is 0.800. The van der Waals surface area contributed by atoms with Crippen LogP contribution < -0.4 is 0 Å². The van der Waals surface area contributed by atoms with Crippen LogP contribution >= 0.6 is 0 Å². The zero-order chi connectivity index (χ0) is 14.1. The topological polar surface area (TPSA) is 12.5 Å². The molecule has 0 saturated carbocycles. The van der Waals surface area contributed by atoms with Gasteiger partial charge in [0, 0.05) is 12.5 Å². The molecule has 2 saturated heterocycles. The van der Waals surface area contributed by atoms with Gasteiger partial charge in [-0.15, -0.1) is 0 Å². The van der Waals surface area contributed by atoms with Crippen molar-refractivity contribution in [1.82, 2.24) is 4.81 Å². The van der Waals surface area contributed by atoms with Crippen LogP contribution in [0.3, 0.4) is 0 Å². The third kappa shape index (κ3) is 2.21. The van der Waals surface area contributed by atoms with Crippen molar-refractivity contribution in [3.05, 3.63) is 71.8 Å². The van der Waals surface area contributed by atoms with Crippen molar-refractivity contribution in [2.24, 2.45) is 0 Å². The Kier molecular flexibility index (Phi) is 3.32. The average Bonchev–Trinajstić information content (AvgIpc) is 3.14. The maximum absolute atomic E-state index is 6.42. The van der Waals surface area contributed by atoms with Crippen molar-refractivity contribution < 1.29 is 4.65 Å². The summed E-state index contributed by atoms with van der Waals surface area (Å²) in [5, 5.41) is 0. The number of hydrogen-bond donors (Lipinski definition) is 0. The summed E-state index contributed by atoms with van der Waals surface area (Å²) in [6.07, 6.45) is 3.48. The van der Waals surface area contributed by atoms with Crippen LogP contribution in [0.15, 0.2) is 60.7 Å². The lowest BCUT2D eigenvalue weighted by Gasteiger charge is -2.36. The summed E-state index contributed by atoms with van der Waals surface area (Å²) in [6.45, 7) is 1.17. The monoisotopic (exact) mass is 277 g/mol. The predicted octanol–water partition coefficient (Wildman–Crippen LogP) is 2.89. The summed E-state index contributed by atoms with van der Waals surface area (Å²) in [7, 11) is 0.770. The Morgan fingerprint density at radius 1 is 1.05 bits per heavy atom. The first-order valence-corrected chi connectivity index (χ1v) is 7.86. The summed E-state index contributed by atoms with van der Waals surface area (Å²) in [4.78, 5) is 2.51. The van der Waals surface area contributed by atoms with E-state index in [-0.39, 0.29) is 5.60 Å². The van der Waals surface area contributed by atoms with Crippen LogP contribution in [0.2, 0.25) is 0 Å². The van der Waals surface area contributed by atoms with Crippen molar-refractivity contribution in [3.63, 3.8) is 0 Å². The molecule has 2 aliphatic rings. The molecular formula is C18H20BNO. The number of fused-ring (bicyclic) bond motifs is 1. The van der Waals surface area contributed by atoms with Gasteiger partial charge in [-0.1, -0.05) is 60.7 Å². The fourth-order valence-electron chi connectivity index (χ4n) is 3.97. The highest BCUT2D eigenvalue weighted by molar-refractivity contribution is 6.25. The lowest BCUT2D eigenvalue weighted by molar-refractivity contribution is 0.0626. The minimum atomic E-state index is -0.181. The zero-order valence-electron chi connectivity index (χ0n) is 12.2. The van der Waals surface area contributed by atoms with E-state index in [1.54, 1.807) is 0 Å². The highest BCUT2D eigenvalue weighted by Crippen LogP contribution is 2.44. The van der Waals surface area contributed by atoms with Crippen LogP contribution in [0.25, 0.3) is 0 Å². The third-order valence-corrected chi connectivity index (χ3v) is 4.96. The van der Waals surface area contributed by atoms with E-state index in [1.807, 2.05) is 0 Å². The second-order valence-corrected chi connectivity index (χ2v) is 6.16. The largest absolute Gasteiger partial charge is 0.412 e. The Balaban J connectivity index is 1.76. The molecule has 2 aliphatic heterocycles. The molecule has 0 spiro atoms. The van der Waals surface area contributed by atoms with Crippen LogP contribution in [0.5, 0.6) is 0 Å². The van der Waals surface area contributed by atoms with Crippen LogP contribution in [-0.4, -0.2) is 25.0 Å². The van der Waals surface area contributed by atoms with Crippen molar-refractivity contribution in [2.45, 2.75) is 30.9 Å². The van der Waals surface area contributed by atoms with E-state index in [2.05, 4.69) is 65.5 Å².